The van der Waals surface area contributed by atoms with Gasteiger partial charge in [-0.05, 0) is 22.0 Å². The Morgan fingerprint density at radius 1 is 0.767 bits per heavy atom. The lowest BCUT2D eigenvalue weighted by Crippen LogP contribution is -2.17. The normalized spacial score (nSPS) is 14.1. The minimum Gasteiger partial charge on any atom is -0.494 e. The van der Waals surface area contributed by atoms with Crippen molar-refractivity contribution in [2.24, 2.45) is 4.99 Å². The number of benzene rings is 2. The SMILES string of the molecule is CC(C)(C)c1ccccc1C1=NC(=O)c2c(-c3ccccc3C(C)(C)C)[nH]c(O)c21. The minimum absolute atomic E-state index is 0.0166. The number of nitrogens with zero attached hydrogens (tertiary/aromatic N) is 1. The predicted molar refractivity (Wildman–Crippen MR) is 122 cm³/mol. The summed E-state index contributed by atoms with van der Waals surface area (Å²) < 4.78 is 0. The summed E-state index contributed by atoms with van der Waals surface area (Å²) >= 11 is 0. The van der Waals surface area contributed by atoms with E-state index in [9.17, 15) is 9.90 Å². The van der Waals surface area contributed by atoms with E-state index in [1.807, 2.05) is 36.4 Å². The average molecular weight is 401 g/mol. The van der Waals surface area contributed by atoms with Crippen LogP contribution < -0.4 is 0 Å². The van der Waals surface area contributed by atoms with Crippen molar-refractivity contribution in [3.8, 4) is 17.1 Å². The molecule has 1 amide bonds. The first-order valence-corrected chi connectivity index (χ1v) is 10.3. The van der Waals surface area contributed by atoms with Crippen molar-refractivity contribution in [1.82, 2.24) is 4.98 Å². The lowest BCUT2D eigenvalue weighted by molar-refractivity contribution is 0.101. The molecule has 4 nitrogen and oxygen atoms in total. The number of rotatable bonds is 2. The monoisotopic (exact) mass is 400 g/mol. The standard InChI is InChI=1S/C26H28N2O2/c1-25(2,3)17-13-9-7-11-15(17)21-19-20(24(30)27-21)22(28-23(19)29)16-12-8-10-14-18(16)26(4,5)6/h7-14,27,30H,1-6H3. The molecule has 2 aromatic carbocycles. The topological polar surface area (TPSA) is 65.5 Å². The van der Waals surface area contributed by atoms with E-state index in [1.54, 1.807) is 0 Å². The molecule has 1 aliphatic rings. The molecule has 0 unspecified atom stereocenters. The van der Waals surface area contributed by atoms with Gasteiger partial charge in [-0.25, -0.2) is 4.99 Å². The van der Waals surface area contributed by atoms with Gasteiger partial charge in [-0.2, -0.15) is 0 Å². The molecule has 3 aromatic rings. The summed E-state index contributed by atoms with van der Waals surface area (Å²) in [6, 6.07) is 16.0. The van der Waals surface area contributed by atoms with Crippen LogP contribution in [0.25, 0.3) is 11.3 Å². The van der Waals surface area contributed by atoms with Crippen molar-refractivity contribution in [3.63, 3.8) is 0 Å². The molecule has 0 bridgehead atoms. The summed E-state index contributed by atoms with van der Waals surface area (Å²) in [5.41, 5.74) is 5.84. The molecule has 154 valence electrons. The number of carbonyl (C=O) groups is 1. The smallest absolute Gasteiger partial charge is 0.280 e. The van der Waals surface area contributed by atoms with Crippen molar-refractivity contribution in [1.29, 1.82) is 0 Å². The molecule has 2 N–H and O–H groups in total. The zero-order valence-corrected chi connectivity index (χ0v) is 18.4. The highest BCUT2D eigenvalue weighted by Crippen LogP contribution is 2.42. The zero-order valence-electron chi connectivity index (χ0n) is 18.4. The van der Waals surface area contributed by atoms with E-state index in [0.717, 1.165) is 22.3 Å². The Labute approximate surface area is 177 Å². The first-order valence-electron chi connectivity index (χ1n) is 10.3. The molecule has 0 fully saturated rings. The molecular formula is C26H28N2O2. The van der Waals surface area contributed by atoms with Crippen LogP contribution >= 0.6 is 0 Å². The number of hydrogen-bond donors (Lipinski definition) is 2. The maximum Gasteiger partial charge on any atom is 0.280 e. The summed E-state index contributed by atoms with van der Waals surface area (Å²) in [5, 5.41) is 10.9. The fourth-order valence-electron chi connectivity index (χ4n) is 4.24. The van der Waals surface area contributed by atoms with Crippen molar-refractivity contribution in [2.75, 3.05) is 0 Å². The predicted octanol–water partition coefficient (Wildman–Crippen LogP) is 5.97. The average Bonchev–Trinajstić information content (AvgIpc) is 3.19. The van der Waals surface area contributed by atoms with Gasteiger partial charge in [0.25, 0.3) is 5.91 Å². The van der Waals surface area contributed by atoms with E-state index < -0.39 is 0 Å². The quantitative estimate of drug-likeness (QED) is 0.556. The van der Waals surface area contributed by atoms with Crippen LogP contribution in [0.2, 0.25) is 0 Å². The second kappa shape index (κ2) is 6.69. The number of H-pyrrole nitrogens is 1. The van der Waals surface area contributed by atoms with Gasteiger partial charge in [-0.15, -0.1) is 0 Å². The Morgan fingerprint density at radius 2 is 1.27 bits per heavy atom. The summed E-state index contributed by atoms with van der Waals surface area (Å²) in [6.45, 7) is 12.8. The Kier molecular flexibility index (Phi) is 4.50. The number of aromatic hydroxyl groups is 1. The van der Waals surface area contributed by atoms with E-state index in [1.165, 1.54) is 0 Å². The van der Waals surface area contributed by atoms with E-state index in [2.05, 4.69) is 63.7 Å². The van der Waals surface area contributed by atoms with Gasteiger partial charge in [0.15, 0.2) is 5.88 Å². The van der Waals surface area contributed by atoms with Crippen LogP contribution in [0.1, 0.15) is 74.2 Å². The number of carbonyl (C=O) groups excluding carboxylic acids is 1. The van der Waals surface area contributed by atoms with Crippen LogP contribution in [-0.2, 0) is 10.8 Å². The number of nitrogens with one attached hydrogen (secondary N) is 1. The maximum atomic E-state index is 13.1. The van der Waals surface area contributed by atoms with Gasteiger partial charge in [-0.1, -0.05) is 90.1 Å². The molecule has 0 saturated heterocycles. The number of amides is 1. The molecule has 4 rings (SSSR count). The lowest BCUT2D eigenvalue weighted by atomic mass is 9.81. The largest absolute Gasteiger partial charge is 0.494 e. The van der Waals surface area contributed by atoms with E-state index in [4.69, 9.17) is 0 Å². The fourth-order valence-corrected chi connectivity index (χ4v) is 4.24. The number of aromatic nitrogens is 1. The van der Waals surface area contributed by atoms with Gasteiger partial charge in [0, 0.05) is 11.1 Å². The Hall–Kier alpha value is -3.14. The Bertz CT molecular complexity index is 1180. The summed E-state index contributed by atoms with van der Waals surface area (Å²) in [4.78, 5) is 20.5. The van der Waals surface area contributed by atoms with Crippen LogP contribution in [0.15, 0.2) is 53.5 Å². The van der Waals surface area contributed by atoms with Crippen LogP contribution in [0.4, 0.5) is 0 Å². The lowest BCUT2D eigenvalue weighted by Gasteiger charge is -2.23. The van der Waals surface area contributed by atoms with Gasteiger partial charge in [-0.3, -0.25) is 4.79 Å². The fraction of sp³-hybridized carbons (Fsp3) is 0.308. The minimum atomic E-state index is -0.320. The maximum absolute atomic E-state index is 13.1. The van der Waals surface area contributed by atoms with E-state index >= 15 is 0 Å². The van der Waals surface area contributed by atoms with Gasteiger partial charge in [0.1, 0.15) is 0 Å². The number of fused-ring (bicyclic) bond motifs is 1. The van der Waals surface area contributed by atoms with Gasteiger partial charge in [0.05, 0.1) is 22.5 Å². The molecule has 2 heterocycles. The van der Waals surface area contributed by atoms with Crippen molar-refractivity contribution in [2.45, 2.75) is 52.4 Å². The second-order valence-electron chi connectivity index (χ2n) is 9.96. The summed E-state index contributed by atoms with van der Waals surface area (Å²) in [7, 11) is 0. The van der Waals surface area contributed by atoms with Crippen LogP contribution in [-0.4, -0.2) is 21.7 Å². The van der Waals surface area contributed by atoms with Crippen molar-refractivity contribution < 1.29 is 9.90 Å². The third kappa shape index (κ3) is 3.17. The first kappa shape index (κ1) is 20.1. The van der Waals surface area contributed by atoms with E-state index in [-0.39, 0.29) is 22.6 Å². The molecule has 1 aromatic heterocycles. The molecular weight excluding hydrogens is 372 g/mol. The third-order valence-electron chi connectivity index (χ3n) is 5.64. The summed E-state index contributed by atoms with van der Waals surface area (Å²) in [5.74, 6) is -0.337. The third-order valence-corrected chi connectivity index (χ3v) is 5.64. The van der Waals surface area contributed by atoms with Crippen molar-refractivity contribution >= 4 is 11.6 Å². The number of aromatic amines is 1. The molecule has 0 aliphatic carbocycles. The van der Waals surface area contributed by atoms with Crippen LogP contribution in [0.3, 0.4) is 0 Å². The molecule has 4 heteroatoms. The first-order chi connectivity index (χ1) is 14.0. The zero-order chi connectivity index (χ0) is 21.8. The number of aliphatic imine (C=N–C) groups is 1. The highest BCUT2D eigenvalue weighted by atomic mass is 16.3. The number of hydrogen-bond acceptors (Lipinski definition) is 2. The second-order valence-corrected chi connectivity index (χ2v) is 9.96. The van der Waals surface area contributed by atoms with Crippen LogP contribution in [0.5, 0.6) is 5.88 Å². The highest BCUT2D eigenvalue weighted by molar-refractivity contribution is 6.30. The van der Waals surface area contributed by atoms with Crippen LogP contribution in [0, 0.1) is 0 Å². The Balaban J connectivity index is 1.95. The summed E-state index contributed by atoms with van der Waals surface area (Å²) in [6.07, 6.45) is 0. The highest BCUT2D eigenvalue weighted by Gasteiger charge is 2.36. The van der Waals surface area contributed by atoms with Crippen molar-refractivity contribution in [3.05, 3.63) is 76.3 Å². The molecule has 0 spiro atoms. The molecule has 0 atom stereocenters. The van der Waals surface area contributed by atoms with E-state index in [0.29, 0.717) is 22.5 Å². The molecule has 0 radical (unpaired) electrons. The van der Waals surface area contributed by atoms with Gasteiger partial charge >= 0.3 is 0 Å². The van der Waals surface area contributed by atoms with Gasteiger partial charge < -0.3 is 10.1 Å². The molecule has 30 heavy (non-hydrogen) atoms. The Morgan fingerprint density at radius 3 is 1.83 bits per heavy atom. The molecule has 1 aliphatic heterocycles. The van der Waals surface area contributed by atoms with Gasteiger partial charge in [0.2, 0.25) is 0 Å². The molecule has 0 saturated carbocycles.